The van der Waals surface area contributed by atoms with E-state index in [4.69, 9.17) is 0 Å². The van der Waals surface area contributed by atoms with Crippen LogP contribution in [0.3, 0.4) is 0 Å². The quantitative estimate of drug-likeness (QED) is 0.740. The van der Waals surface area contributed by atoms with Crippen LogP contribution < -0.4 is 16.0 Å². The lowest BCUT2D eigenvalue weighted by Gasteiger charge is -2.19. The predicted octanol–water partition coefficient (Wildman–Crippen LogP) is 2.37. The molecule has 3 amide bonds. The van der Waals surface area contributed by atoms with Crippen LogP contribution in [0.15, 0.2) is 24.3 Å². The summed E-state index contributed by atoms with van der Waals surface area (Å²) < 4.78 is 0. The van der Waals surface area contributed by atoms with Crippen molar-refractivity contribution in [3.05, 3.63) is 29.8 Å². The van der Waals surface area contributed by atoms with Crippen LogP contribution >= 0.6 is 0 Å². The zero-order chi connectivity index (χ0) is 18.6. The Morgan fingerprint density at radius 1 is 1.12 bits per heavy atom. The van der Waals surface area contributed by atoms with Crippen molar-refractivity contribution in [2.75, 3.05) is 11.9 Å². The summed E-state index contributed by atoms with van der Waals surface area (Å²) in [5.74, 6) is -0.160. The Balaban J connectivity index is 1.81. The molecular weight excluding hydrogens is 318 g/mol. The fraction of sp³-hybridized carbons (Fsp3) is 0.526. The number of amides is 3. The maximum atomic E-state index is 12.0. The maximum Gasteiger partial charge on any atom is 0.239 e. The molecule has 0 aromatic heterocycles. The predicted molar refractivity (Wildman–Crippen MR) is 96.8 cm³/mol. The molecule has 1 saturated carbocycles. The molecule has 1 unspecified atom stereocenters. The van der Waals surface area contributed by atoms with Gasteiger partial charge in [-0.1, -0.05) is 32.9 Å². The van der Waals surface area contributed by atoms with Gasteiger partial charge in [0.1, 0.15) is 0 Å². The molecule has 25 heavy (non-hydrogen) atoms. The highest BCUT2D eigenvalue weighted by molar-refractivity contribution is 5.94. The zero-order valence-corrected chi connectivity index (χ0v) is 15.3. The summed E-state index contributed by atoms with van der Waals surface area (Å²) in [5, 5.41) is 8.36. The molecule has 1 fully saturated rings. The van der Waals surface area contributed by atoms with Crippen molar-refractivity contribution in [2.45, 2.75) is 46.6 Å². The van der Waals surface area contributed by atoms with Gasteiger partial charge in [0.15, 0.2) is 0 Å². The largest absolute Gasteiger partial charge is 0.348 e. The molecule has 2 rings (SSSR count). The number of carbonyl (C=O) groups excluding carboxylic acids is 3. The molecule has 0 spiro atoms. The van der Waals surface area contributed by atoms with E-state index in [9.17, 15) is 14.4 Å². The Kier molecular flexibility index (Phi) is 5.82. The third-order valence-electron chi connectivity index (χ3n) is 4.09. The first-order valence-electron chi connectivity index (χ1n) is 8.65. The Bertz CT molecular complexity index is 643. The molecule has 1 aliphatic rings. The second kappa shape index (κ2) is 7.68. The van der Waals surface area contributed by atoms with Gasteiger partial charge in [-0.2, -0.15) is 0 Å². The van der Waals surface area contributed by atoms with Crippen LogP contribution in [0.2, 0.25) is 0 Å². The Morgan fingerprint density at radius 3 is 2.24 bits per heavy atom. The Morgan fingerprint density at radius 2 is 1.72 bits per heavy atom. The molecule has 6 nitrogen and oxygen atoms in total. The third-order valence-corrected chi connectivity index (χ3v) is 4.09. The van der Waals surface area contributed by atoms with Crippen LogP contribution in [-0.2, 0) is 14.4 Å². The molecule has 1 aromatic rings. The van der Waals surface area contributed by atoms with Crippen molar-refractivity contribution in [1.82, 2.24) is 10.6 Å². The summed E-state index contributed by atoms with van der Waals surface area (Å²) in [6, 6.07) is 7.23. The van der Waals surface area contributed by atoms with Crippen LogP contribution in [0, 0.1) is 11.3 Å². The van der Waals surface area contributed by atoms with Gasteiger partial charge < -0.3 is 16.0 Å². The van der Waals surface area contributed by atoms with Gasteiger partial charge in [-0.25, -0.2) is 0 Å². The van der Waals surface area contributed by atoms with E-state index >= 15 is 0 Å². The highest BCUT2D eigenvalue weighted by Gasteiger charge is 2.29. The number of benzene rings is 1. The fourth-order valence-electron chi connectivity index (χ4n) is 2.25. The lowest BCUT2D eigenvalue weighted by atomic mass is 9.96. The summed E-state index contributed by atoms with van der Waals surface area (Å²) in [7, 11) is 0. The van der Waals surface area contributed by atoms with E-state index in [2.05, 4.69) is 16.0 Å². The first-order chi connectivity index (χ1) is 11.7. The Hall–Kier alpha value is -2.37. The fourth-order valence-corrected chi connectivity index (χ4v) is 2.25. The molecule has 0 heterocycles. The lowest BCUT2D eigenvalue weighted by Crippen LogP contribution is -2.42. The van der Waals surface area contributed by atoms with Crippen molar-refractivity contribution in [1.29, 1.82) is 0 Å². The molecule has 0 bridgehead atoms. The van der Waals surface area contributed by atoms with E-state index in [-0.39, 0.29) is 36.2 Å². The minimum absolute atomic E-state index is 0.0457. The van der Waals surface area contributed by atoms with Gasteiger partial charge in [0.05, 0.1) is 12.6 Å². The smallest absolute Gasteiger partial charge is 0.239 e. The molecular formula is C19H27N3O3. The average molecular weight is 345 g/mol. The number of nitrogens with one attached hydrogen (secondary N) is 3. The monoisotopic (exact) mass is 345 g/mol. The van der Waals surface area contributed by atoms with Crippen molar-refractivity contribution in [2.24, 2.45) is 11.3 Å². The van der Waals surface area contributed by atoms with Gasteiger partial charge in [-0.3, -0.25) is 14.4 Å². The number of hydrogen-bond acceptors (Lipinski definition) is 3. The molecule has 6 heteroatoms. The minimum Gasteiger partial charge on any atom is -0.348 e. The summed E-state index contributed by atoms with van der Waals surface area (Å²) in [5.41, 5.74) is 1.17. The van der Waals surface area contributed by atoms with Gasteiger partial charge in [0.2, 0.25) is 17.7 Å². The van der Waals surface area contributed by atoms with E-state index in [0.29, 0.717) is 0 Å². The van der Waals surface area contributed by atoms with E-state index in [1.54, 1.807) is 20.8 Å². The normalized spacial score (nSPS) is 15.2. The van der Waals surface area contributed by atoms with Gasteiger partial charge in [-0.15, -0.1) is 0 Å². The average Bonchev–Trinajstić information content (AvgIpc) is 3.37. The summed E-state index contributed by atoms with van der Waals surface area (Å²) in [4.78, 5) is 35.5. The SMILES string of the molecule is CC(NC(=O)CNC(=O)C(C)(C)C)c1ccc(NC(=O)C2CC2)cc1. The van der Waals surface area contributed by atoms with E-state index < -0.39 is 5.41 Å². The van der Waals surface area contributed by atoms with Crippen LogP contribution in [0.1, 0.15) is 52.1 Å². The second-order valence-corrected chi connectivity index (χ2v) is 7.61. The van der Waals surface area contributed by atoms with Gasteiger partial charge in [0.25, 0.3) is 0 Å². The first kappa shape index (κ1) is 19.0. The summed E-state index contributed by atoms with van der Waals surface area (Å²) in [6.07, 6.45) is 1.94. The van der Waals surface area contributed by atoms with Crippen LogP contribution in [0.5, 0.6) is 0 Å². The standard InChI is InChI=1S/C19H27N3O3/c1-12(21-16(23)11-20-18(25)19(2,3)4)13-7-9-15(10-8-13)22-17(24)14-5-6-14/h7-10,12,14H,5-6,11H2,1-4H3,(H,20,25)(H,21,23)(H,22,24). The van der Waals surface area contributed by atoms with Gasteiger partial charge in [-0.05, 0) is 37.5 Å². The zero-order valence-electron chi connectivity index (χ0n) is 15.3. The third kappa shape index (κ3) is 5.89. The minimum atomic E-state index is -0.521. The summed E-state index contributed by atoms with van der Waals surface area (Å²) >= 11 is 0. The number of carbonyl (C=O) groups is 3. The molecule has 0 saturated heterocycles. The lowest BCUT2D eigenvalue weighted by molar-refractivity contribution is -0.131. The number of hydrogen-bond donors (Lipinski definition) is 3. The van der Waals surface area contributed by atoms with Crippen LogP contribution in [0.4, 0.5) is 5.69 Å². The number of anilines is 1. The van der Waals surface area contributed by atoms with Gasteiger partial charge >= 0.3 is 0 Å². The number of rotatable bonds is 6. The molecule has 0 aliphatic heterocycles. The van der Waals surface area contributed by atoms with Crippen LogP contribution in [0.25, 0.3) is 0 Å². The van der Waals surface area contributed by atoms with E-state index in [0.717, 1.165) is 24.1 Å². The molecule has 0 radical (unpaired) electrons. The van der Waals surface area contributed by atoms with Crippen molar-refractivity contribution in [3.8, 4) is 0 Å². The molecule has 3 N–H and O–H groups in total. The van der Waals surface area contributed by atoms with Crippen LogP contribution in [-0.4, -0.2) is 24.3 Å². The second-order valence-electron chi connectivity index (χ2n) is 7.61. The molecule has 1 atom stereocenters. The van der Waals surface area contributed by atoms with E-state index in [1.165, 1.54) is 0 Å². The maximum absolute atomic E-state index is 12.0. The Labute approximate surface area is 148 Å². The summed E-state index contributed by atoms with van der Waals surface area (Å²) in [6.45, 7) is 7.22. The van der Waals surface area contributed by atoms with Gasteiger partial charge in [0, 0.05) is 17.0 Å². The highest BCUT2D eigenvalue weighted by Crippen LogP contribution is 2.30. The molecule has 1 aliphatic carbocycles. The first-order valence-corrected chi connectivity index (χ1v) is 8.65. The molecule has 1 aromatic carbocycles. The molecule has 136 valence electrons. The van der Waals surface area contributed by atoms with Crippen molar-refractivity contribution in [3.63, 3.8) is 0 Å². The topological polar surface area (TPSA) is 87.3 Å². The van der Waals surface area contributed by atoms with Crippen molar-refractivity contribution >= 4 is 23.4 Å². The van der Waals surface area contributed by atoms with Crippen molar-refractivity contribution < 1.29 is 14.4 Å². The highest BCUT2D eigenvalue weighted by atomic mass is 16.2. The van der Waals surface area contributed by atoms with E-state index in [1.807, 2.05) is 31.2 Å².